The normalized spacial score (nSPS) is 10.4. The van der Waals surface area contributed by atoms with E-state index in [4.69, 9.17) is 13.9 Å². The number of carbonyl (C=O) groups excluding carboxylic acids is 1. The Kier molecular flexibility index (Phi) is 5.12. The summed E-state index contributed by atoms with van der Waals surface area (Å²) in [5.74, 6) is 0.0604. The SMILES string of the molecule is COc1ccc(CNC(=O)c2nnc(-c3cccc(F)c3)o2)cc1OC. The molecule has 8 heteroatoms. The quantitative estimate of drug-likeness (QED) is 0.730. The van der Waals surface area contributed by atoms with E-state index in [-0.39, 0.29) is 18.3 Å². The molecule has 0 bridgehead atoms. The number of rotatable bonds is 6. The maximum absolute atomic E-state index is 13.3. The molecule has 1 N–H and O–H groups in total. The molecule has 0 aliphatic carbocycles. The third kappa shape index (κ3) is 3.80. The van der Waals surface area contributed by atoms with Gasteiger partial charge >= 0.3 is 11.8 Å². The molecule has 7 nitrogen and oxygen atoms in total. The number of nitrogens with zero attached hydrogens (tertiary/aromatic N) is 2. The molecule has 0 aliphatic heterocycles. The number of ether oxygens (including phenoxy) is 2. The van der Waals surface area contributed by atoms with Gasteiger partial charge in [0.25, 0.3) is 0 Å². The van der Waals surface area contributed by atoms with Crippen LogP contribution in [0.2, 0.25) is 0 Å². The van der Waals surface area contributed by atoms with Gasteiger partial charge in [-0.2, -0.15) is 0 Å². The highest BCUT2D eigenvalue weighted by atomic mass is 19.1. The number of nitrogens with one attached hydrogen (secondary N) is 1. The van der Waals surface area contributed by atoms with Crippen molar-refractivity contribution in [3.63, 3.8) is 0 Å². The van der Waals surface area contributed by atoms with E-state index in [0.29, 0.717) is 17.1 Å². The van der Waals surface area contributed by atoms with E-state index in [2.05, 4.69) is 15.5 Å². The molecular weight excluding hydrogens is 341 g/mol. The van der Waals surface area contributed by atoms with Crippen LogP contribution in [0.25, 0.3) is 11.5 Å². The topological polar surface area (TPSA) is 86.5 Å². The van der Waals surface area contributed by atoms with Crippen LogP contribution in [0.15, 0.2) is 46.9 Å². The molecular formula is C18H16FN3O4. The minimum Gasteiger partial charge on any atom is -0.493 e. The molecule has 0 saturated heterocycles. The third-order valence-electron chi connectivity index (χ3n) is 3.59. The van der Waals surface area contributed by atoms with Crippen LogP contribution >= 0.6 is 0 Å². The predicted octanol–water partition coefficient (Wildman–Crippen LogP) is 2.82. The molecule has 3 rings (SSSR count). The van der Waals surface area contributed by atoms with E-state index < -0.39 is 11.7 Å². The summed E-state index contributed by atoms with van der Waals surface area (Å²) >= 11 is 0. The monoisotopic (exact) mass is 357 g/mol. The number of methoxy groups -OCH3 is 2. The van der Waals surface area contributed by atoms with Gasteiger partial charge in [-0.05, 0) is 35.9 Å². The van der Waals surface area contributed by atoms with Crippen LogP contribution in [0, 0.1) is 5.82 Å². The first kappa shape index (κ1) is 17.4. The average molecular weight is 357 g/mol. The van der Waals surface area contributed by atoms with Gasteiger partial charge in [0, 0.05) is 12.1 Å². The fourth-order valence-corrected chi connectivity index (χ4v) is 2.30. The Morgan fingerprint density at radius 3 is 2.65 bits per heavy atom. The predicted molar refractivity (Wildman–Crippen MR) is 90.4 cm³/mol. The fourth-order valence-electron chi connectivity index (χ4n) is 2.30. The van der Waals surface area contributed by atoms with Gasteiger partial charge in [0.1, 0.15) is 5.82 Å². The second kappa shape index (κ2) is 7.64. The maximum Gasteiger partial charge on any atom is 0.309 e. The van der Waals surface area contributed by atoms with Gasteiger partial charge in [-0.3, -0.25) is 4.79 Å². The van der Waals surface area contributed by atoms with E-state index in [1.807, 2.05) is 0 Å². The Morgan fingerprint density at radius 1 is 1.12 bits per heavy atom. The number of hydrogen-bond donors (Lipinski definition) is 1. The molecule has 0 spiro atoms. The lowest BCUT2D eigenvalue weighted by molar-refractivity contribution is 0.0917. The van der Waals surface area contributed by atoms with Crippen LogP contribution in [-0.2, 0) is 6.54 Å². The lowest BCUT2D eigenvalue weighted by Crippen LogP contribution is -2.23. The van der Waals surface area contributed by atoms with E-state index in [0.717, 1.165) is 5.56 Å². The number of hydrogen-bond acceptors (Lipinski definition) is 6. The van der Waals surface area contributed by atoms with Gasteiger partial charge in [0.2, 0.25) is 5.89 Å². The smallest absolute Gasteiger partial charge is 0.309 e. The van der Waals surface area contributed by atoms with Crippen molar-refractivity contribution in [3.8, 4) is 23.0 Å². The first-order chi connectivity index (χ1) is 12.6. The lowest BCUT2D eigenvalue weighted by Gasteiger charge is -2.09. The second-order valence-corrected chi connectivity index (χ2v) is 5.29. The number of aromatic nitrogens is 2. The largest absolute Gasteiger partial charge is 0.493 e. The van der Waals surface area contributed by atoms with Crippen molar-refractivity contribution in [2.45, 2.75) is 6.54 Å². The van der Waals surface area contributed by atoms with Crippen molar-refractivity contribution in [2.75, 3.05) is 14.2 Å². The zero-order chi connectivity index (χ0) is 18.5. The van der Waals surface area contributed by atoms with Crippen LogP contribution in [0.3, 0.4) is 0 Å². The Labute approximate surface area is 148 Å². The van der Waals surface area contributed by atoms with Gasteiger partial charge < -0.3 is 19.2 Å². The molecule has 0 radical (unpaired) electrons. The molecule has 134 valence electrons. The van der Waals surface area contributed by atoms with Crippen molar-refractivity contribution in [1.82, 2.24) is 15.5 Å². The summed E-state index contributed by atoms with van der Waals surface area (Å²) in [5.41, 5.74) is 1.21. The Hall–Kier alpha value is -3.42. The lowest BCUT2D eigenvalue weighted by atomic mass is 10.2. The highest BCUT2D eigenvalue weighted by Crippen LogP contribution is 2.27. The summed E-state index contributed by atoms with van der Waals surface area (Å²) in [6, 6.07) is 11.0. The van der Waals surface area contributed by atoms with Crippen molar-refractivity contribution in [1.29, 1.82) is 0 Å². The summed E-state index contributed by atoms with van der Waals surface area (Å²) in [4.78, 5) is 12.2. The summed E-state index contributed by atoms with van der Waals surface area (Å²) in [6.45, 7) is 0.233. The molecule has 0 atom stereocenters. The molecule has 1 amide bonds. The highest BCUT2D eigenvalue weighted by Gasteiger charge is 2.16. The van der Waals surface area contributed by atoms with Crippen LogP contribution in [0.4, 0.5) is 4.39 Å². The summed E-state index contributed by atoms with van der Waals surface area (Å²) in [6.07, 6.45) is 0. The summed E-state index contributed by atoms with van der Waals surface area (Å²) in [7, 11) is 3.08. The van der Waals surface area contributed by atoms with Crippen LogP contribution in [0.5, 0.6) is 11.5 Å². The summed E-state index contributed by atoms with van der Waals surface area (Å²) < 4.78 is 29.0. The Bertz CT molecular complexity index is 926. The first-order valence-corrected chi connectivity index (χ1v) is 7.69. The molecule has 2 aromatic carbocycles. The molecule has 1 aromatic heterocycles. The zero-order valence-corrected chi connectivity index (χ0v) is 14.2. The van der Waals surface area contributed by atoms with E-state index >= 15 is 0 Å². The van der Waals surface area contributed by atoms with Crippen LogP contribution in [0.1, 0.15) is 16.2 Å². The molecule has 0 fully saturated rings. The number of amides is 1. The Morgan fingerprint density at radius 2 is 1.92 bits per heavy atom. The standard InChI is InChI=1S/C18H16FN3O4/c1-24-14-7-6-11(8-15(14)25-2)10-20-16(23)18-22-21-17(26-18)12-4-3-5-13(19)9-12/h3-9H,10H2,1-2H3,(H,20,23). The first-order valence-electron chi connectivity index (χ1n) is 7.69. The third-order valence-corrected chi connectivity index (χ3v) is 3.59. The van der Waals surface area contributed by atoms with Gasteiger partial charge in [-0.25, -0.2) is 4.39 Å². The van der Waals surface area contributed by atoms with Gasteiger partial charge in [-0.1, -0.05) is 12.1 Å². The fraction of sp³-hybridized carbons (Fsp3) is 0.167. The van der Waals surface area contributed by atoms with Gasteiger partial charge in [-0.15, -0.1) is 10.2 Å². The molecule has 26 heavy (non-hydrogen) atoms. The molecule has 3 aromatic rings. The molecule has 0 aliphatic rings. The van der Waals surface area contributed by atoms with E-state index in [1.165, 1.54) is 25.3 Å². The average Bonchev–Trinajstić information content (AvgIpc) is 3.16. The highest BCUT2D eigenvalue weighted by molar-refractivity contribution is 5.89. The van der Waals surface area contributed by atoms with Crippen molar-refractivity contribution in [3.05, 3.63) is 59.7 Å². The maximum atomic E-state index is 13.3. The van der Waals surface area contributed by atoms with Crippen LogP contribution < -0.4 is 14.8 Å². The molecule has 1 heterocycles. The van der Waals surface area contributed by atoms with Gasteiger partial charge in [0.05, 0.1) is 14.2 Å². The Balaban J connectivity index is 1.67. The summed E-state index contributed by atoms with van der Waals surface area (Å²) in [5, 5.41) is 10.1. The minimum atomic E-state index is -0.532. The van der Waals surface area contributed by atoms with E-state index in [9.17, 15) is 9.18 Å². The van der Waals surface area contributed by atoms with E-state index in [1.54, 1.807) is 31.4 Å². The zero-order valence-electron chi connectivity index (χ0n) is 14.2. The minimum absolute atomic E-state index is 0.0702. The second-order valence-electron chi connectivity index (χ2n) is 5.29. The molecule has 0 saturated carbocycles. The number of benzene rings is 2. The van der Waals surface area contributed by atoms with Crippen molar-refractivity contribution < 1.29 is 23.1 Å². The van der Waals surface area contributed by atoms with Crippen molar-refractivity contribution >= 4 is 5.91 Å². The van der Waals surface area contributed by atoms with Crippen molar-refractivity contribution in [2.24, 2.45) is 0 Å². The van der Waals surface area contributed by atoms with Gasteiger partial charge in [0.15, 0.2) is 11.5 Å². The number of carbonyl (C=O) groups is 1. The number of halogens is 1. The molecule has 0 unspecified atom stereocenters. The van der Waals surface area contributed by atoms with Crippen LogP contribution in [-0.4, -0.2) is 30.3 Å².